The summed E-state index contributed by atoms with van der Waals surface area (Å²) >= 11 is 0. The fourth-order valence-electron chi connectivity index (χ4n) is 2.54. The molecule has 108 valence electrons. The van der Waals surface area contributed by atoms with Crippen molar-refractivity contribution in [3.05, 3.63) is 18.2 Å². The van der Waals surface area contributed by atoms with Gasteiger partial charge in [0.15, 0.2) is 0 Å². The Hall–Kier alpha value is -1.01. The van der Waals surface area contributed by atoms with Gasteiger partial charge in [0.05, 0.1) is 6.54 Å². The second-order valence-electron chi connectivity index (χ2n) is 5.10. The molecule has 1 aromatic heterocycles. The van der Waals surface area contributed by atoms with E-state index in [0.29, 0.717) is 18.4 Å². The van der Waals surface area contributed by atoms with Crippen molar-refractivity contribution in [2.24, 2.45) is 0 Å². The highest BCUT2D eigenvalue weighted by Gasteiger charge is 2.16. The Kier molecular flexibility index (Phi) is 5.27. The third-order valence-electron chi connectivity index (χ3n) is 3.70. The molecule has 2 heterocycles. The molecule has 1 aliphatic rings. The van der Waals surface area contributed by atoms with E-state index in [2.05, 4.69) is 22.1 Å². The van der Waals surface area contributed by atoms with Crippen LogP contribution in [0.3, 0.4) is 0 Å². The summed E-state index contributed by atoms with van der Waals surface area (Å²) in [4.78, 5) is 6.41. The average Bonchev–Trinajstić information content (AvgIpc) is 2.88. The van der Waals surface area contributed by atoms with Crippen molar-refractivity contribution in [3.8, 4) is 0 Å². The molecule has 0 radical (unpaired) electrons. The molecule has 0 saturated carbocycles. The van der Waals surface area contributed by atoms with Gasteiger partial charge in [-0.3, -0.25) is 9.47 Å². The number of imidazole rings is 1. The normalized spacial score (nSPS) is 18.9. The molecule has 2 rings (SSSR count). The second-order valence-corrected chi connectivity index (χ2v) is 5.10. The number of piperidine rings is 1. The molecule has 1 N–H and O–H groups in total. The molecule has 4 nitrogen and oxygen atoms in total. The lowest BCUT2D eigenvalue weighted by Gasteiger charge is -2.32. The Labute approximate surface area is 112 Å². The minimum atomic E-state index is -2.51. The maximum atomic E-state index is 12.6. The third kappa shape index (κ3) is 3.98. The second kappa shape index (κ2) is 6.96. The van der Waals surface area contributed by atoms with E-state index in [0.717, 1.165) is 24.2 Å². The van der Waals surface area contributed by atoms with Gasteiger partial charge in [0.2, 0.25) is 0 Å². The van der Waals surface area contributed by atoms with Crippen LogP contribution in [0.2, 0.25) is 0 Å². The van der Waals surface area contributed by atoms with Gasteiger partial charge >= 0.3 is 6.55 Å². The van der Waals surface area contributed by atoms with Gasteiger partial charge in [0, 0.05) is 25.0 Å². The van der Waals surface area contributed by atoms with Crippen molar-refractivity contribution in [1.82, 2.24) is 19.8 Å². The highest BCUT2D eigenvalue weighted by atomic mass is 19.3. The summed E-state index contributed by atoms with van der Waals surface area (Å²) in [6.45, 7) is 3.14. The summed E-state index contributed by atoms with van der Waals surface area (Å²) < 4.78 is 26.2. The molecule has 0 aromatic carbocycles. The molecule has 1 fully saturated rings. The summed E-state index contributed by atoms with van der Waals surface area (Å²) in [7, 11) is 0. The number of likely N-dealkylation sites (tertiary alicyclic amines) is 1. The van der Waals surface area contributed by atoms with Gasteiger partial charge in [0.25, 0.3) is 0 Å². The maximum Gasteiger partial charge on any atom is 0.319 e. The van der Waals surface area contributed by atoms with Gasteiger partial charge in [-0.1, -0.05) is 6.42 Å². The van der Waals surface area contributed by atoms with Gasteiger partial charge in [-0.2, -0.15) is 8.78 Å². The fourth-order valence-corrected chi connectivity index (χ4v) is 2.54. The number of halogens is 2. The molecule has 0 spiro atoms. The molecule has 1 saturated heterocycles. The first-order valence-corrected chi connectivity index (χ1v) is 6.93. The fraction of sp³-hybridized carbons (Fsp3) is 0.769. The van der Waals surface area contributed by atoms with Crippen molar-refractivity contribution in [3.63, 3.8) is 0 Å². The summed E-state index contributed by atoms with van der Waals surface area (Å²) in [5.74, 6) is 0.390. The van der Waals surface area contributed by atoms with E-state index in [9.17, 15) is 8.78 Å². The van der Waals surface area contributed by atoms with Crippen LogP contribution in [0.25, 0.3) is 0 Å². The minimum Gasteiger partial charge on any atom is -0.308 e. The molecule has 0 bridgehead atoms. The standard InChI is InChI=1S/C13H22F2N4/c1-11(18-6-3-2-4-7-18)9-16-10-12-17-5-8-19(12)13(14)15/h5,8,11,13,16H,2-4,6-7,9-10H2,1H3. The molecule has 1 aromatic rings. The first kappa shape index (κ1) is 14.4. The number of hydrogen-bond acceptors (Lipinski definition) is 3. The molecular weight excluding hydrogens is 250 g/mol. The number of hydrogen-bond donors (Lipinski definition) is 1. The van der Waals surface area contributed by atoms with Crippen LogP contribution in [-0.4, -0.2) is 40.1 Å². The van der Waals surface area contributed by atoms with E-state index >= 15 is 0 Å². The predicted molar refractivity (Wildman–Crippen MR) is 70.1 cm³/mol. The SMILES string of the molecule is CC(CNCc1nccn1C(F)F)N1CCCCC1. The molecular formula is C13H22F2N4. The zero-order valence-corrected chi connectivity index (χ0v) is 11.4. The summed E-state index contributed by atoms with van der Waals surface area (Å²) in [6, 6.07) is 0.440. The largest absolute Gasteiger partial charge is 0.319 e. The zero-order chi connectivity index (χ0) is 13.7. The van der Waals surface area contributed by atoms with Crippen LogP contribution >= 0.6 is 0 Å². The van der Waals surface area contributed by atoms with E-state index < -0.39 is 6.55 Å². The lowest BCUT2D eigenvalue weighted by molar-refractivity contribution is 0.0665. The average molecular weight is 272 g/mol. The number of alkyl halides is 2. The Morgan fingerprint density at radius 2 is 2.05 bits per heavy atom. The predicted octanol–water partition coefficient (Wildman–Crippen LogP) is 2.24. The van der Waals surface area contributed by atoms with Crippen LogP contribution in [0.5, 0.6) is 0 Å². The molecule has 0 amide bonds. The molecule has 1 aliphatic heterocycles. The lowest BCUT2D eigenvalue weighted by atomic mass is 10.1. The van der Waals surface area contributed by atoms with Crippen molar-refractivity contribution in [2.45, 2.75) is 45.3 Å². The molecule has 1 atom stereocenters. The molecule has 6 heteroatoms. The highest BCUT2D eigenvalue weighted by molar-refractivity contribution is 4.92. The Bertz CT molecular complexity index is 374. The zero-order valence-electron chi connectivity index (χ0n) is 11.4. The highest BCUT2D eigenvalue weighted by Crippen LogP contribution is 2.13. The first-order chi connectivity index (χ1) is 9.18. The van der Waals surface area contributed by atoms with E-state index in [1.807, 2.05) is 0 Å². The van der Waals surface area contributed by atoms with Crippen LogP contribution in [0.4, 0.5) is 8.78 Å². The number of rotatable bonds is 6. The first-order valence-electron chi connectivity index (χ1n) is 6.93. The van der Waals surface area contributed by atoms with Gasteiger partial charge < -0.3 is 5.32 Å². The smallest absolute Gasteiger partial charge is 0.308 e. The lowest BCUT2D eigenvalue weighted by Crippen LogP contribution is -2.43. The van der Waals surface area contributed by atoms with Crippen LogP contribution in [-0.2, 0) is 6.54 Å². The van der Waals surface area contributed by atoms with Crippen molar-refractivity contribution in [2.75, 3.05) is 19.6 Å². The maximum absolute atomic E-state index is 12.6. The van der Waals surface area contributed by atoms with Crippen LogP contribution in [0.15, 0.2) is 12.4 Å². The van der Waals surface area contributed by atoms with Crippen molar-refractivity contribution < 1.29 is 8.78 Å². The summed E-state index contributed by atoms with van der Waals surface area (Å²) in [5.41, 5.74) is 0. The van der Waals surface area contributed by atoms with Gasteiger partial charge in [-0.25, -0.2) is 4.98 Å². The summed E-state index contributed by atoms with van der Waals surface area (Å²) in [6.07, 6.45) is 6.58. The van der Waals surface area contributed by atoms with Gasteiger partial charge in [0.1, 0.15) is 5.82 Å². The van der Waals surface area contributed by atoms with Crippen LogP contribution in [0.1, 0.15) is 38.6 Å². The van der Waals surface area contributed by atoms with E-state index in [-0.39, 0.29) is 0 Å². The van der Waals surface area contributed by atoms with Gasteiger partial charge in [-0.05, 0) is 32.9 Å². The topological polar surface area (TPSA) is 33.1 Å². The third-order valence-corrected chi connectivity index (χ3v) is 3.70. The van der Waals surface area contributed by atoms with Crippen molar-refractivity contribution >= 4 is 0 Å². The Balaban J connectivity index is 1.74. The van der Waals surface area contributed by atoms with E-state index in [1.165, 1.54) is 31.7 Å². The van der Waals surface area contributed by atoms with Gasteiger partial charge in [-0.15, -0.1) is 0 Å². The molecule has 0 aliphatic carbocycles. The monoisotopic (exact) mass is 272 g/mol. The summed E-state index contributed by atoms with van der Waals surface area (Å²) in [5, 5.41) is 3.22. The van der Waals surface area contributed by atoms with Crippen molar-refractivity contribution in [1.29, 1.82) is 0 Å². The quantitative estimate of drug-likeness (QED) is 0.862. The number of nitrogens with zero attached hydrogens (tertiary/aromatic N) is 3. The molecule has 1 unspecified atom stereocenters. The Morgan fingerprint density at radius 3 is 2.74 bits per heavy atom. The molecule has 19 heavy (non-hydrogen) atoms. The number of aromatic nitrogens is 2. The Morgan fingerprint density at radius 1 is 1.32 bits per heavy atom. The van der Waals surface area contributed by atoms with E-state index in [4.69, 9.17) is 0 Å². The van der Waals surface area contributed by atoms with Crippen LogP contribution < -0.4 is 5.32 Å². The van der Waals surface area contributed by atoms with Crippen LogP contribution in [0, 0.1) is 0 Å². The minimum absolute atomic E-state index is 0.384. The van der Waals surface area contributed by atoms with E-state index in [1.54, 1.807) is 0 Å². The number of nitrogens with one attached hydrogen (secondary N) is 1.